The molecule has 0 radical (unpaired) electrons. The summed E-state index contributed by atoms with van der Waals surface area (Å²) in [6.07, 6.45) is 4.49. The molecule has 2 aromatic carbocycles. The van der Waals surface area contributed by atoms with Crippen molar-refractivity contribution in [2.75, 3.05) is 0 Å². The van der Waals surface area contributed by atoms with E-state index in [2.05, 4.69) is 124 Å². The summed E-state index contributed by atoms with van der Waals surface area (Å²) >= 11 is 0. The highest BCUT2D eigenvalue weighted by molar-refractivity contribution is 5.82. The highest BCUT2D eigenvalue weighted by Gasteiger charge is 2.71. The Hall–Kier alpha value is -3.46. The monoisotopic (exact) mass is 446 g/mol. The van der Waals surface area contributed by atoms with Crippen molar-refractivity contribution in [3.63, 3.8) is 0 Å². The largest absolute Gasteiger partial charge is 0.455 e. The van der Waals surface area contributed by atoms with Crippen LogP contribution in [0.3, 0.4) is 0 Å². The van der Waals surface area contributed by atoms with Crippen LogP contribution in [0.2, 0.25) is 0 Å². The number of fused-ring (bicyclic) bond motifs is 4. The molecule has 0 fully saturated rings. The summed E-state index contributed by atoms with van der Waals surface area (Å²) in [5.41, 5.74) is 9.40. The second kappa shape index (κ2) is 5.96. The Balaban J connectivity index is 1.76. The van der Waals surface area contributed by atoms with Crippen LogP contribution >= 0.6 is 0 Å². The SMILES string of the molecule is CC(C)(C)c1ccc2c3c1Oc1c(C(C)(C)C)ccc4c1C3([n+]1ccccc1-2)[n+]1ccccc1-4. The van der Waals surface area contributed by atoms with E-state index in [0.29, 0.717) is 0 Å². The average Bonchev–Trinajstić information content (AvgIpc) is 3.26. The third kappa shape index (κ3) is 2.14. The van der Waals surface area contributed by atoms with Crippen LogP contribution in [0.5, 0.6) is 11.5 Å². The summed E-state index contributed by atoms with van der Waals surface area (Å²) in [5.74, 6) is 2.04. The van der Waals surface area contributed by atoms with E-state index in [1.165, 1.54) is 44.8 Å². The number of nitrogens with zero attached hydrogens (tertiary/aromatic N) is 2. The lowest BCUT2D eigenvalue weighted by Gasteiger charge is -2.33. The number of benzene rings is 2. The fourth-order valence-electron chi connectivity index (χ4n) is 6.39. The number of hydrogen-bond acceptors (Lipinski definition) is 1. The molecule has 2 aromatic heterocycles. The first-order valence-corrected chi connectivity index (χ1v) is 12.2. The van der Waals surface area contributed by atoms with E-state index in [9.17, 15) is 0 Å². The minimum Gasteiger partial charge on any atom is -0.455 e. The van der Waals surface area contributed by atoms with Crippen LogP contribution in [0, 0.1) is 0 Å². The first kappa shape index (κ1) is 20.0. The summed E-state index contributed by atoms with van der Waals surface area (Å²) in [4.78, 5) is 0. The third-order valence-electron chi connectivity index (χ3n) is 7.80. The van der Waals surface area contributed by atoms with Crippen molar-refractivity contribution < 1.29 is 13.9 Å². The van der Waals surface area contributed by atoms with Gasteiger partial charge in [-0.25, -0.2) is 0 Å². The average molecular weight is 447 g/mol. The zero-order chi connectivity index (χ0) is 23.6. The Bertz CT molecular complexity index is 1430. The molecule has 3 aliphatic heterocycles. The highest BCUT2D eigenvalue weighted by Crippen LogP contribution is 2.60. The number of aromatic nitrogens is 2. The van der Waals surface area contributed by atoms with Crippen molar-refractivity contribution in [2.45, 2.75) is 58.0 Å². The minimum absolute atomic E-state index is 0.0508. The molecule has 1 spiro atoms. The maximum Gasteiger partial charge on any atom is 0.424 e. The summed E-state index contributed by atoms with van der Waals surface area (Å²) in [5, 5.41) is 0. The first-order chi connectivity index (χ1) is 16.1. The predicted octanol–water partition coefficient (Wildman–Crippen LogP) is 6.22. The van der Waals surface area contributed by atoms with Gasteiger partial charge in [-0.2, -0.15) is 0 Å². The van der Waals surface area contributed by atoms with E-state index >= 15 is 0 Å². The van der Waals surface area contributed by atoms with Crippen molar-refractivity contribution in [2.24, 2.45) is 0 Å². The topological polar surface area (TPSA) is 17.0 Å². The van der Waals surface area contributed by atoms with Gasteiger partial charge in [0.15, 0.2) is 23.5 Å². The Morgan fingerprint density at radius 3 is 1.44 bits per heavy atom. The molecule has 4 aromatic rings. The van der Waals surface area contributed by atoms with Crippen LogP contribution in [0.4, 0.5) is 0 Å². The van der Waals surface area contributed by atoms with Crippen molar-refractivity contribution in [1.29, 1.82) is 0 Å². The van der Waals surface area contributed by atoms with Gasteiger partial charge in [0.1, 0.15) is 11.5 Å². The van der Waals surface area contributed by atoms with Crippen molar-refractivity contribution in [1.82, 2.24) is 0 Å². The van der Waals surface area contributed by atoms with Gasteiger partial charge in [-0.15, -0.1) is 9.13 Å². The quantitative estimate of drug-likeness (QED) is 0.253. The molecule has 3 aliphatic rings. The second-order valence-electron chi connectivity index (χ2n) is 11.9. The molecule has 0 saturated heterocycles. The van der Waals surface area contributed by atoms with Gasteiger partial charge in [0.2, 0.25) is 11.4 Å². The van der Waals surface area contributed by atoms with Gasteiger partial charge < -0.3 is 4.74 Å². The molecular weight excluding hydrogens is 416 g/mol. The molecule has 3 nitrogen and oxygen atoms in total. The van der Waals surface area contributed by atoms with E-state index in [0.717, 1.165) is 11.5 Å². The third-order valence-corrected chi connectivity index (χ3v) is 7.80. The van der Waals surface area contributed by atoms with Crippen LogP contribution in [-0.4, -0.2) is 0 Å². The Morgan fingerprint density at radius 1 is 0.588 bits per heavy atom. The van der Waals surface area contributed by atoms with Crippen molar-refractivity contribution in [3.8, 4) is 34.0 Å². The molecule has 168 valence electrons. The van der Waals surface area contributed by atoms with Crippen LogP contribution in [-0.2, 0) is 16.5 Å². The van der Waals surface area contributed by atoms with Crippen LogP contribution in [0.25, 0.3) is 22.5 Å². The zero-order valence-electron chi connectivity index (χ0n) is 20.7. The fraction of sp³-hybridized carbons (Fsp3) is 0.290. The molecule has 0 atom stereocenters. The summed E-state index contributed by atoms with van der Waals surface area (Å²) in [6.45, 7) is 13.7. The van der Waals surface area contributed by atoms with E-state index in [4.69, 9.17) is 4.74 Å². The smallest absolute Gasteiger partial charge is 0.424 e. The van der Waals surface area contributed by atoms with Crippen molar-refractivity contribution in [3.05, 3.63) is 95.3 Å². The molecule has 3 heteroatoms. The molecule has 0 amide bonds. The molecule has 0 saturated carbocycles. The molecular formula is C31H30N2O+2. The molecule has 0 aliphatic carbocycles. The predicted molar refractivity (Wildman–Crippen MR) is 133 cm³/mol. The van der Waals surface area contributed by atoms with Gasteiger partial charge in [0.25, 0.3) is 0 Å². The lowest BCUT2D eigenvalue weighted by atomic mass is 9.76. The lowest BCUT2D eigenvalue weighted by molar-refractivity contribution is -0.955. The van der Waals surface area contributed by atoms with E-state index in [1.807, 2.05) is 0 Å². The van der Waals surface area contributed by atoms with E-state index in [-0.39, 0.29) is 10.8 Å². The van der Waals surface area contributed by atoms with E-state index in [1.54, 1.807) is 0 Å². The van der Waals surface area contributed by atoms with Gasteiger partial charge in [-0.1, -0.05) is 53.7 Å². The fourth-order valence-corrected chi connectivity index (χ4v) is 6.39. The van der Waals surface area contributed by atoms with Crippen LogP contribution in [0.15, 0.2) is 73.1 Å². The number of ether oxygens (including phenoxy) is 1. The number of rotatable bonds is 0. The molecule has 0 bridgehead atoms. The van der Waals surface area contributed by atoms with Gasteiger partial charge in [-0.3, -0.25) is 0 Å². The van der Waals surface area contributed by atoms with Crippen LogP contribution < -0.4 is 13.9 Å². The van der Waals surface area contributed by atoms with Gasteiger partial charge in [-0.05, 0) is 35.1 Å². The van der Waals surface area contributed by atoms with Crippen LogP contribution in [0.1, 0.15) is 63.8 Å². The molecule has 7 rings (SSSR count). The Morgan fingerprint density at radius 2 is 1.03 bits per heavy atom. The summed E-state index contributed by atoms with van der Waals surface area (Å²) in [7, 11) is 0. The maximum atomic E-state index is 7.11. The van der Waals surface area contributed by atoms with Gasteiger partial charge >= 0.3 is 5.66 Å². The van der Waals surface area contributed by atoms with E-state index < -0.39 is 5.66 Å². The maximum absolute atomic E-state index is 7.11. The summed E-state index contributed by atoms with van der Waals surface area (Å²) < 4.78 is 12.1. The number of hydrogen-bond donors (Lipinski definition) is 0. The zero-order valence-corrected chi connectivity index (χ0v) is 20.7. The highest BCUT2D eigenvalue weighted by atomic mass is 16.5. The molecule has 0 N–H and O–H groups in total. The van der Waals surface area contributed by atoms with Crippen molar-refractivity contribution >= 4 is 0 Å². The summed E-state index contributed by atoms with van der Waals surface area (Å²) in [6, 6.07) is 22.3. The molecule has 5 heterocycles. The van der Waals surface area contributed by atoms with Gasteiger partial charge in [0, 0.05) is 35.4 Å². The Kier molecular flexibility index (Phi) is 3.50. The first-order valence-electron chi connectivity index (χ1n) is 12.2. The van der Waals surface area contributed by atoms with Gasteiger partial charge in [0.05, 0.1) is 11.1 Å². The minimum atomic E-state index is -0.497. The molecule has 34 heavy (non-hydrogen) atoms. The molecule has 0 unspecified atom stereocenters. The standard InChI is InChI=1S/C31H30N2O/c1-29(2,3)21-15-13-19-23-11-7-9-17-32(23)31-25(19)27(21)34-28-22(30(4,5)6)16-14-20(26(28)31)24-12-8-10-18-33(24)31/h7-18H,1-6H3/q+2. The second-order valence-corrected chi connectivity index (χ2v) is 11.9. The lowest BCUT2D eigenvalue weighted by Crippen LogP contribution is -2.72. The number of pyridine rings is 2. The Labute approximate surface area is 201 Å². The normalized spacial score (nSPS) is 15.8.